The molecular formula is C16H26N2O3. The molecule has 21 heavy (non-hydrogen) atoms. The van der Waals surface area contributed by atoms with E-state index in [1.54, 1.807) is 0 Å². The lowest BCUT2D eigenvalue weighted by molar-refractivity contribution is -0.138. The van der Waals surface area contributed by atoms with Crippen molar-refractivity contribution in [2.75, 3.05) is 19.6 Å². The summed E-state index contributed by atoms with van der Waals surface area (Å²) in [6.07, 6.45) is 10.0. The monoisotopic (exact) mass is 294 g/mol. The molecule has 0 aromatic rings. The molecule has 0 bridgehead atoms. The zero-order valence-electron chi connectivity index (χ0n) is 12.6. The number of carbonyl (C=O) groups is 2. The highest BCUT2D eigenvalue weighted by atomic mass is 16.4. The first-order valence-electron chi connectivity index (χ1n) is 8.07. The largest absolute Gasteiger partial charge is 0.481 e. The van der Waals surface area contributed by atoms with Gasteiger partial charge in [0.2, 0.25) is 0 Å². The summed E-state index contributed by atoms with van der Waals surface area (Å²) in [5.41, 5.74) is 1.47. The number of hydrogen-bond acceptors (Lipinski definition) is 2. The van der Waals surface area contributed by atoms with E-state index in [1.807, 2.05) is 4.90 Å². The van der Waals surface area contributed by atoms with Crippen molar-refractivity contribution in [1.29, 1.82) is 0 Å². The van der Waals surface area contributed by atoms with Crippen LogP contribution in [0.2, 0.25) is 0 Å². The minimum atomic E-state index is -0.737. The third-order valence-corrected chi connectivity index (χ3v) is 4.47. The van der Waals surface area contributed by atoms with Crippen molar-refractivity contribution in [2.45, 2.75) is 51.4 Å². The number of piperidine rings is 1. The predicted octanol–water partition coefficient (Wildman–Crippen LogP) is 2.77. The molecule has 5 nitrogen and oxygen atoms in total. The van der Waals surface area contributed by atoms with Gasteiger partial charge in [-0.3, -0.25) is 4.79 Å². The molecule has 118 valence electrons. The summed E-state index contributed by atoms with van der Waals surface area (Å²) in [5.74, 6) is -0.516. The summed E-state index contributed by atoms with van der Waals surface area (Å²) in [5, 5.41) is 11.8. The van der Waals surface area contributed by atoms with Gasteiger partial charge < -0.3 is 15.3 Å². The number of likely N-dealkylation sites (tertiary alicyclic amines) is 1. The van der Waals surface area contributed by atoms with Crippen LogP contribution < -0.4 is 5.32 Å². The normalized spacial score (nSPS) is 20.0. The Morgan fingerprint density at radius 3 is 2.67 bits per heavy atom. The summed E-state index contributed by atoms with van der Waals surface area (Å²) < 4.78 is 0. The zero-order valence-corrected chi connectivity index (χ0v) is 12.6. The molecule has 0 unspecified atom stereocenters. The van der Waals surface area contributed by atoms with Crippen molar-refractivity contribution in [3.63, 3.8) is 0 Å². The van der Waals surface area contributed by atoms with Crippen LogP contribution in [0.5, 0.6) is 0 Å². The maximum Gasteiger partial charge on any atom is 0.317 e. The first-order chi connectivity index (χ1) is 10.1. The number of allylic oxidation sites excluding steroid dienone is 1. The van der Waals surface area contributed by atoms with Crippen LogP contribution in [-0.4, -0.2) is 41.6 Å². The molecule has 0 aromatic heterocycles. The quantitative estimate of drug-likeness (QED) is 0.766. The van der Waals surface area contributed by atoms with Crippen molar-refractivity contribution in [2.24, 2.45) is 5.92 Å². The van der Waals surface area contributed by atoms with E-state index in [4.69, 9.17) is 5.11 Å². The minimum absolute atomic E-state index is 0.000171. The topological polar surface area (TPSA) is 69.6 Å². The predicted molar refractivity (Wildman–Crippen MR) is 81.1 cm³/mol. The highest BCUT2D eigenvalue weighted by Crippen LogP contribution is 2.21. The summed E-state index contributed by atoms with van der Waals surface area (Å²) in [6, 6.07) is 0.000171. The van der Waals surface area contributed by atoms with E-state index < -0.39 is 5.97 Å². The van der Waals surface area contributed by atoms with Crippen LogP contribution in [-0.2, 0) is 4.79 Å². The Hall–Kier alpha value is -1.52. The molecule has 2 N–H and O–H groups in total. The van der Waals surface area contributed by atoms with Crippen LogP contribution in [0.4, 0.5) is 4.79 Å². The Balaban J connectivity index is 1.63. The second-order valence-corrected chi connectivity index (χ2v) is 6.12. The molecule has 2 aliphatic rings. The standard InChI is InChI=1S/C16H26N2O3/c19-15(20)12-14-7-10-18(11-8-14)16(21)17-9-6-13-4-2-1-3-5-13/h4,14H,1-3,5-12H2,(H,17,21)(H,19,20). The van der Waals surface area contributed by atoms with Crippen molar-refractivity contribution in [3.8, 4) is 0 Å². The fraction of sp³-hybridized carbons (Fsp3) is 0.750. The second-order valence-electron chi connectivity index (χ2n) is 6.12. The van der Waals surface area contributed by atoms with Gasteiger partial charge in [0.05, 0.1) is 0 Å². The van der Waals surface area contributed by atoms with E-state index in [9.17, 15) is 9.59 Å². The fourth-order valence-corrected chi connectivity index (χ4v) is 3.16. The van der Waals surface area contributed by atoms with Gasteiger partial charge >= 0.3 is 12.0 Å². The van der Waals surface area contributed by atoms with Crippen molar-refractivity contribution in [3.05, 3.63) is 11.6 Å². The number of aliphatic carboxylic acids is 1. The third-order valence-electron chi connectivity index (χ3n) is 4.47. The van der Waals surface area contributed by atoms with Crippen molar-refractivity contribution < 1.29 is 14.7 Å². The van der Waals surface area contributed by atoms with Gasteiger partial charge in [0.1, 0.15) is 0 Å². The molecule has 1 heterocycles. The van der Waals surface area contributed by atoms with Crippen LogP contribution in [0.3, 0.4) is 0 Å². The molecule has 0 saturated carbocycles. The Morgan fingerprint density at radius 2 is 2.05 bits per heavy atom. The van der Waals surface area contributed by atoms with Crippen molar-refractivity contribution in [1.82, 2.24) is 10.2 Å². The molecule has 1 saturated heterocycles. The van der Waals surface area contributed by atoms with E-state index in [-0.39, 0.29) is 18.4 Å². The Kier molecular flexibility index (Phi) is 6.08. The highest BCUT2D eigenvalue weighted by Gasteiger charge is 2.24. The first-order valence-corrected chi connectivity index (χ1v) is 8.07. The van der Waals surface area contributed by atoms with Gasteiger partial charge in [0.25, 0.3) is 0 Å². The molecule has 2 rings (SSSR count). The maximum absolute atomic E-state index is 12.0. The number of rotatable bonds is 5. The summed E-state index contributed by atoms with van der Waals surface area (Å²) in [7, 11) is 0. The fourth-order valence-electron chi connectivity index (χ4n) is 3.16. The van der Waals surface area contributed by atoms with Gasteiger partial charge in [-0.2, -0.15) is 0 Å². The first kappa shape index (κ1) is 15.9. The molecule has 5 heteroatoms. The van der Waals surface area contributed by atoms with Gasteiger partial charge in [-0.1, -0.05) is 11.6 Å². The number of hydrogen-bond donors (Lipinski definition) is 2. The Morgan fingerprint density at radius 1 is 1.29 bits per heavy atom. The van der Waals surface area contributed by atoms with Gasteiger partial charge in [0, 0.05) is 26.1 Å². The van der Waals surface area contributed by atoms with E-state index in [0.717, 1.165) is 19.3 Å². The van der Waals surface area contributed by atoms with Gasteiger partial charge in [0.15, 0.2) is 0 Å². The van der Waals surface area contributed by atoms with Gasteiger partial charge in [-0.05, 0) is 50.9 Å². The third kappa shape index (κ3) is 5.40. The highest BCUT2D eigenvalue weighted by molar-refractivity contribution is 5.74. The average Bonchev–Trinajstić information content (AvgIpc) is 2.48. The SMILES string of the molecule is O=C(O)CC1CCN(C(=O)NCCC2=CCCCC2)CC1. The maximum atomic E-state index is 12.0. The summed E-state index contributed by atoms with van der Waals surface area (Å²) >= 11 is 0. The molecule has 2 amide bonds. The molecule has 1 fully saturated rings. The second kappa shape index (κ2) is 8.05. The lowest BCUT2D eigenvalue weighted by Crippen LogP contribution is -2.45. The zero-order chi connectivity index (χ0) is 15.1. The van der Waals surface area contributed by atoms with E-state index in [0.29, 0.717) is 19.6 Å². The number of nitrogens with zero attached hydrogens (tertiary/aromatic N) is 1. The molecule has 0 spiro atoms. The van der Waals surface area contributed by atoms with Crippen LogP contribution in [0.1, 0.15) is 51.4 Å². The van der Waals surface area contributed by atoms with Gasteiger partial charge in [-0.15, -0.1) is 0 Å². The number of carboxylic acid groups (broad SMARTS) is 1. The lowest BCUT2D eigenvalue weighted by Gasteiger charge is -2.31. The van der Waals surface area contributed by atoms with E-state index in [1.165, 1.54) is 31.3 Å². The number of carboxylic acids is 1. The number of urea groups is 1. The molecule has 0 atom stereocenters. The lowest BCUT2D eigenvalue weighted by atomic mass is 9.94. The summed E-state index contributed by atoms with van der Waals surface area (Å²) in [6.45, 7) is 2.05. The Labute approximate surface area is 126 Å². The number of nitrogens with one attached hydrogen (secondary N) is 1. The van der Waals surface area contributed by atoms with Crippen LogP contribution in [0, 0.1) is 5.92 Å². The van der Waals surface area contributed by atoms with Crippen LogP contribution in [0.15, 0.2) is 11.6 Å². The molecule has 0 radical (unpaired) electrons. The number of carbonyl (C=O) groups excluding carboxylic acids is 1. The molecule has 1 aliphatic heterocycles. The van der Waals surface area contributed by atoms with Gasteiger partial charge in [-0.25, -0.2) is 4.79 Å². The summed E-state index contributed by atoms with van der Waals surface area (Å²) in [4.78, 5) is 24.5. The molecule has 0 aromatic carbocycles. The van der Waals surface area contributed by atoms with Crippen molar-refractivity contribution >= 4 is 12.0 Å². The molecule has 1 aliphatic carbocycles. The Bertz CT molecular complexity index is 398. The molecular weight excluding hydrogens is 268 g/mol. The smallest absolute Gasteiger partial charge is 0.317 e. The van der Waals surface area contributed by atoms with Crippen LogP contribution >= 0.6 is 0 Å². The van der Waals surface area contributed by atoms with E-state index >= 15 is 0 Å². The number of amides is 2. The van der Waals surface area contributed by atoms with Crippen LogP contribution in [0.25, 0.3) is 0 Å². The minimum Gasteiger partial charge on any atom is -0.481 e. The van der Waals surface area contributed by atoms with E-state index in [2.05, 4.69) is 11.4 Å². The average molecular weight is 294 g/mol.